The van der Waals surface area contributed by atoms with Crippen LogP contribution in [0, 0.1) is 0 Å². The standard InChI is InChI=1S/C24H15ClS/c25-21-12-7-13-22-23(21)20-15-18(16-8-3-1-4-9-16)14-19(24(20)26-22)17-10-5-2-6-11-17/h1-15H. The molecular formula is C24H15ClS. The zero-order valence-electron chi connectivity index (χ0n) is 13.9. The Morgan fingerprint density at radius 1 is 0.615 bits per heavy atom. The summed E-state index contributed by atoms with van der Waals surface area (Å²) in [6.45, 7) is 0. The molecule has 2 heteroatoms. The van der Waals surface area contributed by atoms with Crippen LogP contribution >= 0.6 is 22.9 Å². The molecule has 0 nitrogen and oxygen atoms in total. The third-order valence-corrected chi connectivity index (χ3v) is 6.26. The van der Waals surface area contributed by atoms with Gasteiger partial charge in [-0.05, 0) is 41.0 Å². The van der Waals surface area contributed by atoms with Crippen molar-refractivity contribution in [2.75, 3.05) is 0 Å². The van der Waals surface area contributed by atoms with E-state index in [0.717, 1.165) is 10.4 Å². The van der Waals surface area contributed by atoms with Gasteiger partial charge in [0.25, 0.3) is 0 Å². The summed E-state index contributed by atoms with van der Waals surface area (Å²) in [6.07, 6.45) is 0. The highest BCUT2D eigenvalue weighted by Gasteiger charge is 2.14. The quantitative estimate of drug-likeness (QED) is 0.295. The number of rotatable bonds is 2. The Morgan fingerprint density at radius 2 is 1.31 bits per heavy atom. The Kier molecular flexibility index (Phi) is 3.77. The summed E-state index contributed by atoms with van der Waals surface area (Å²) >= 11 is 8.40. The fourth-order valence-corrected chi connectivity index (χ4v) is 5.09. The lowest BCUT2D eigenvalue weighted by atomic mass is 9.96. The van der Waals surface area contributed by atoms with Gasteiger partial charge in [0.2, 0.25) is 0 Å². The summed E-state index contributed by atoms with van der Waals surface area (Å²) < 4.78 is 2.52. The molecule has 0 unspecified atom stereocenters. The molecule has 0 aliphatic heterocycles. The molecule has 0 fully saturated rings. The van der Waals surface area contributed by atoms with Gasteiger partial charge in [-0.1, -0.05) is 78.3 Å². The third-order valence-electron chi connectivity index (χ3n) is 4.74. The van der Waals surface area contributed by atoms with Gasteiger partial charge < -0.3 is 0 Å². The normalized spacial score (nSPS) is 11.3. The van der Waals surface area contributed by atoms with Crippen LogP contribution in [0.3, 0.4) is 0 Å². The Balaban J connectivity index is 1.93. The highest BCUT2D eigenvalue weighted by atomic mass is 35.5. The summed E-state index contributed by atoms with van der Waals surface area (Å²) in [5.41, 5.74) is 4.94. The third kappa shape index (κ3) is 2.52. The molecule has 0 radical (unpaired) electrons. The molecule has 26 heavy (non-hydrogen) atoms. The topological polar surface area (TPSA) is 0 Å². The first kappa shape index (κ1) is 15.6. The van der Waals surface area contributed by atoms with Gasteiger partial charge in [0.15, 0.2) is 0 Å². The van der Waals surface area contributed by atoms with E-state index in [0.29, 0.717) is 0 Å². The van der Waals surface area contributed by atoms with Crippen LogP contribution in [0.25, 0.3) is 42.4 Å². The monoisotopic (exact) mass is 370 g/mol. The van der Waals surface area contributed by atoms with Crippen LogP contribution in [0.15, 0.2) is 91.0 Å². The molecule has 1 aromatic heterocycles. The summed E-state index contributed by atoms with van der Waals surface area (Å²) in [7, 11) is 0. The van der Waals surface area contributed by atoms with E-state index in [-0.39, 0.29) is 0 Å². The summed E-state index contributed by atoms with van der Waals surface area (Å²) in [5.74, 6) is 0. The summed E-state index contributed by atoms with van der Waals surface area (Å²) in [4.78, 5) is 0. The maximum Gasteiger partial charge on any atom is 0.0499 e. The molecule has 0 atom stereocenters. The first-order valence-electron chi connectivity index (χ1n) is 8.57. The predicted octanol–water partition coefficient (Wildman–Crippen LogP) is 8.04. The van der Waals surface area contributed by atoms with Gasteiger partial charge in [0, 0.05) is 30.8 Å². The van der Waals surface area contributed by atoms with Gasteiger partial charge in [-0.3, -0.25) is 0 Å². The van der Waals surface area contributed by atoms with Gasteiger partial charge in [-0.15, -0.1) is 11.3 Å². The van der Waals surface area contributed by atoms with Gasteiger partial charge in [-0.2, -0.15) is 0 Å². The van der Waals surface area contributed by atoms with E-state index in [2.05, 4.69) is 78.9 Å². The van der Waals surface area contributed by atoms with E-state index in [1.807, 2.05) is 23.5 Å². The lowest BCUT2D eigenvalue weighted by Gasteiger charge is -2.09. The van der Waals surface area contributed by atoms with Crippen molar-refractivity contribution in [2.45, 2.75) is 0 Å². The SMILES string of the molecule is Clc1cccc2sc3c(-c4ccccc4)cc(-c4ccccc4)cc3c12. The van der Waals surface area contributed by atoms with Crippen LogP contribution < -0.4 is 0 Å². The summed E-state index contributed by atoms with van der Waals surface area (Å²) in [6, 6.07) is 31.9. The minimum atomic E-state index is 0.818. The molecule has 1 heterocycles. The van der Waals surface area contributed by atoms with E-state index in [9.17, 15) is 0 Å². The number of halogens is 1. The number of hydrogen-bond donors (Lipinski definition) is 0. The first-order chi connectivity index (χ1) is 12.8. The molecule has 4 aromatic carbocycles. The van der Waals surface area contributed by atoms with Crippen LogP contribution in [-0.4, -0.2) is 0 Å². The number of benzene rings is 4. The molecule has 0 N–H and O–H groups in total. The number of thiophene rings is 1. The lowest BCUT2D eigenvalue weighted by Crippen LogP contribution is -1.83. The van der Waals surface area contributed by atoms with Crippen molar-refractivity contribution in [3.63, 3.8) is 0 Å². The maximum absolute atomic E-state index is 6.58. The minimum absolute atomic E-state index is 0.818. The first-order valence-corrected chi connectivity index (χ1v) is 9.76. The van der Waals surface area contributed by atoms with Crippen LogP contribution in [0.5, 0.6) is 0 Å². The predicted molar refractivity (Wildman–Crippen MR) is 115 cm³/mol. The van der Waals surface area contributed by atoms with Crippen molar-refractivity contribution in [1.82, 2.24) is 0 Å². The van der Waals surface area contributed by atoms with Crippen LogP contribution in [0.4, 0.5) is 0 Å². The Morgan fingerprint density at radius 3 is 2.04 bits per heavy atom. The minimum Gasteiger partial charge on any atom is -0.134 e. The molecule has 0 amide bonds. The highest BCUT2D eigenvalue weighted by Crippen LogP contribution is 2.44. The molecule has 0 spiro atoms. The summed E-state index contributed by atoms with van der Waals surface area (Å²) in [5, 5.41) is 3.21. The molecule has 0 saturated heterocycles. The molecule has 5 rings (SSSR count). The molecule has 0 saturated carbocycles. The van der Waals surface area contributed by atoms with Crippen molar-refractivity contribution >= 4 is 43.1 Å². The largest absolute Gasteiger partial charge is 0.134 e. The second-order valence-electron chi connectivity index (χ2n) is 6.35. The molecule has 0 aliphatic rings. The van der Waals surface area contributed by atoms with E-state index in [1.165, 1.54) is 37.0 Å². The number of hydrogen-bond acceptors (Lipinski definition) is 1. The van der Waals surface area contributed by atoms with E-state index >= 15 is 0 Å². The Labute approximate surface area is 161 Å². The lowest BCUT2D eigenvalue weighted by molar-refractivity contribution is 1.63. The average molecular weight is 371 g/mol. The van der Waals surface area contributed by atoms with Gasteiger partial charge in [-0.25, -0.2) is 0 Å². The molecular weight excluding hydrogens is 356 g/mol. The fourth-order valence-electron chi connectivity index (χ4n) is 3.51. The van der Waals surface area contributed by atoms with Crippen molar-refractivity contribution in [2.24, 2.45) is 0 Å². The average Bonchev–Trinajstić information content (AvgIpc) is 3.08. The van der Waals surface area contributed by atoms with Crippen molar-refractivity contribution in [3.05, 3.63) is 96.0 Å². The van der Waals surface area contributed by atoms with Crippen molar-refractivity contribution in [3.8, 4) is 22.3 Å². The Bertz CT molecular complexity index is 1220. The van der Waals surface area contributed by atoms with Crippen LogP contribution in [0.1, 0.15) is 0 Å². The van der Waals surface area contributed by atoms with Crippen LogP contribution in [0.2, 0.25) is 5.02 Å². The number of fused-ring (bicyclic) bond motifs is 3. The van der Waals surface area contributed by atoms with E-state index < -0.39 is 0 Å². The zero-order chi connectivity index (χ0) is 17.5. The van der Waals surface area contributed by atoms with E-state index in [4.69, 9.17) is 11.6 Å². The second-order valence-corrected chi connectivity index (χ2v) is 7.81. The Hall–Kier alpha value is -2.61. The molecule has 0 aliphatic carbocycles. The van der Waals surface area contributed by atoms with Crippen molar-refractivity contribution in [1.29, 1.82) is 0 Å². The van der Waals surface area contributed by atoms with Gasteiger partial charge >= 0.3 is 0 Å². The molecule has 5 aromatic rings. The maximum atomic E-state index is 6.58. The van der Waals surface area contributed by atoms with Gasteiger partial charge in [0.1, 0.15) is 0 Å². The smallest absolute Gasteiger partial charge is 0.0499 e. The van der Waals surface area contributed by atoms with Gasteiger partial charge in [0.05, 0.1) is 0 Å². The van der Waals surface area contributed by atoms with Crippen molar-refractivity contribution < 1.29 is 0 Å². The highest BCUT2D eigenvalue weighted by molar-refractivity contribution is 7.26. The zero-order valence-corrected chi connectivity index (χ0v) is 15.5. The fraction of sp³-hybridized carbons (Fsp3) is 0. The second kappa shape index (κ2) is 6.28. The van der Waals surface area contributed by atoms with Crippen LogP contribution in [-0.2, 0) is 0 Å². The molecule has 0 bridgehead atoms. The molecule has 124 valence electrons. The van der Waals surface area contributed by atoms with E-state index in [1.54, 1.807) is 0 Å².